The SMILES string of the molecule is CCCC(=O)c1ccc(NCc2cnn(CC)c2)cc1. The van der Waals surface area contributed by atoms with Gasteiger partial charge in [-0.2, -0.15) is 5.10 Å². The van der Waals surface area contributed by atoms with E-state index in [1.54, 1.807) is 0 Å². The zero-order valence-electron chi connectivity index (χ0n) is 12.1. The quantitative estimate of drug-likeness (QED) is 0.784. The number of carbonyl (C=O) groups is 1. The molecule has 0 saturated carbocycles. The number of hydrogen-bond acceptors (Lipinski definition) is 3. The molecule has 4 heteroatoms. The van der Waals surface area contributed by atoms with Crippen molar-refractivity contribution in [2.75, 3.05) is 5.32 Å². The number of benzene rings is 1. The van der Waals surface area contributed by atoms with E-state index in [1.807, 2.05) is 48.3 Å². The summed E-state index contributed by atoms with van der Waals surface area (Å²) in [5.74, 6) is 0.211. The van der Waals surface area contributed by atoms with Gasteiger partial charge in [-0.05, 0) is 37.6 Å². The van der Waals surface area contributed by atoms with Crippen LogP contribution in [0.5, 0.6) is 0 Å². The highest BCUT2D eigenvalue weighted by Gasteiger charge is 2.04. The number of aryl methyl sites for hydroxylation is 1. The Morgan fingerprint density at radius 2 is 2.00 bits per heavy atom. The van der Waals surface area contributed by atoms with Gasteiger partial charge in [0, 0.05) is 42.5 Å². The van der Waals surface area contributed by atoms with Crippen LogP contribution in [0.2, 0.25) is 0 Å². The highest BCUT2D eigenvalue weighted by molar-refractivity contribution is 5.96. The van der Waals surface area contributed by atoms with Gasteiger partial charge in [-0.1, -0.05) is 6.92 Å². The number of ketones is 1. The number of carbonyl (C=O) groups excluding carboxylic acids is 1. The summed E-state index contributed by atoms with van der Waals surface area (Å²) < 4.78 is 1.91. The van der Waals surface area contributed by atoms with Crippen molar-refractivity contribution in [3.05, 3.63) is 47.8 Å². The van der Waals surface area contributed by atoms with Gasteiger partial charge in [-0.15, -0.1) is 0 Å². The van der Waals surface area contributed by atoms with Crippen LogP contribution in [0.3, 0.4) is 0 Å². The highest BCUT2D eigenvalue weighted by Crippen LogP contribution is 2.13. The first-order chi connectivity index (χ1) is 9.72. The molecule has 0 fully saturated rings. The van der Waals surface area contributed by atoms with Gasteiger partial charge in [0.2, 0.25) is 0 Å². The third kappa shape index (κ3) is 3.70. The third-order valence-corrected chi connectivity index (χ3v) is 3.19. The maximum absolute atomic E-state index is 11.7. The summed E-state index contributed by atoms with van der Waals surface area (Å²) in [6, 6.07) is 7.67. The van der Waals surface area contributed by atoms with E-state index in [0.717, 1.165) is 36.3 Å². The maximum Gasteiger partial charge on any atom is 0.162 e. The molecule has 0 aliphatic rings. The largest absolute Gasteiger partial charge is 0.381 e. The summed E-state index contributed by atoms with van der Waals surface area (Å²) in [5, 5.41) is 7.57. The van der Waals surface area contributed by atoms with Crippen molar-refractivity contribution in [2.24, 2.45) is 0 Å². The molecule has 2 rings (SSSR count). The lowest BCUT2D eigenvalue weighted by Gasteiger charge is -2.06. The summed E-state index contributed by atoms with van der Waals surface area (Å²) in [6.45, 7) is 5.71. The molecule has 0 unspecified atom stereocenters. The predicted molar refractivity (Wildman–Crippen MR) is 80.9 cm³/mol. The molecule has 0 saturated heterocycles. The van der Waals surface area contributed by atoms with Crippen molar-refractivity contribution in [1.29, 1.82) is 0 Å². The van der Waals surface area contributed by atoms with Gasteiger partial charge >= 0.3 is 0 Å². The van der Waals surface area contributed by atoms with E-state index in [9.17, 15) is 4.79 Å². The van der Waals surface area contributed by atoms with Crippen LogP contribution in [-0.2, 0) is 13.1 Å². The minimum Gasteiger partial charge on any atom is -0.381 e. The number of nitrogens with zero attached hydrogens (tertiary/aromatic N) is 2. The molecule has 1 aromatic heterocycles. The Balaban J connectivity index is 1.92. The van der Waals surface area contributed by atoms with Gasteiger partial charge < -0.3 is 5.32 Å². The molecule has 20 heavy (non-hydrogen) atoms. The number of nitrogens with one attached hydrogen (secondary N) is 1. The number of hydrogen-bond donors (Lipinski definition) is 1. The minimum atomic E-state index is 0.211. The molecular weight excluding hydrogens is 250 g/mol. The summed E-state index contributed by atoms with van der Waals surface area (Å²) in [6.07, 6.45) is 5.41. The second-order valence-electron chi connectivity index (χ2n) is 4.81. The Kier molecular flexibility index (Phi) is 4.93. The lowest BCUT2D eigenvalue weighted by Crippen LogP contribution is -2.01. The maximum atomic E-state index is 11.7. The lowest BCUT2D eigenvalue weighted by atomic mass is 10.1. The van der Waals surface area contributed by atoms with E-state index in [2.05, 4.69) is 17.3 Å². The molecule has 1 N–H and O–H groups in total. The molecule has 0 atom stereocenters. The van der Waals surface area contributed by atoms with Crippen LogP contribution in [0.4, 0.5) is 5.69 Å². The summed E-state index contributed by atoms with van der Waals surface area (Å²) in [7, 11) is 0. The molecule has 106 valence electrons. The first-order valence-corrected chi connectivity index (χ1v) is 7.11. The molecule has 1 aromatic carbocycles. The predicted octanol–water partition coefficient (Wildman–Crippen LogP) is 3.50. The topological polar surface area (TPSA) is 46.9 Å². The molecular formula is C16H21N3O. The summed E-state index contributed by atoms with van der Waals surface area (Å²) in [5.41, 5.74) is 2.96. The second-order valence-corrected chi connectivity index (χ2v) is 4.81. The molecule has 0 aliphatic carbocycles. The van der Waals surface area contributed by atoms with Crippen LogP contribution < -0.4 is 5.32 Å². The van der Waals surface area contributed by atoms with Crippen LogP contribution in [0.15, 0.2) is 36.7 Å². The van der Waals surface area contributed by atoms with Gasteiger partial charge in [0.15, 0.2) is 5.78 Å². The van der Waals surface area contributed by atoms with E-state index in [1.165, 1.54) is 0 Å². The van der Waals surface area contributed by atoms with Crippen molar-refractivity contribution in [3.63, 3.8) is 0 Å². The monoisotopic (exact) mass is 271 g/mol. The van der Waals surface area contributed by atoms with E-state index in [0.29, 0.717) is 6.42 Å². The number of anilines is 1. The van der Waals surface area contributed by atoms with E-state index < -0.39 is 0 Å². The molecule has 0 spiro atoms. The van der Waals surface area contributed by atoms with Crippen molar-refractivity contribution in [1.82, 2.24) is 9.78 Å². The Bertz CT molecular complexity index is 557. The first-order valence-electron chi connectivity index (χ1n) is 7.11. The lowest BCUT2D eigenvalue weighted by molar-refractivity contribution is 0.0982. The fraction of sp³-hybridized carbons (Fsp3) is 0.375. The highest BCUT2D eigenvalue weighted by atomic mass is 16.1. The molecule has 2 aromatic rings. The van der Waals surface area contributed by atoms with Gasteiger partial charge in [0.1, 0.15) is 0 Å². The second kappa shape index (κ2) is 6.89. The smallest absolute Gasteiger partial charge is 0.162 e. The van der Waals surface area contributed by atoms with Crippen molar-refractivity contribution in [3.8, 4) is 0 Å². The van der Waals surface area contributed by atoms with E-state index in [-0.39, 0.29) is 5.78 Å². The standard InChI is InChI=1S/C16H21N3O/c1-3-5-16(20)14-6-8-15(9-7-14)17-10-13-11-18-19(4-2)12-13/h6-9,11-12,17H,3-5,10H2,1-2H3. The third-order valence-electron chi connectivity index (χ3n) is 3.19. The first kappa shape index (κ1) is 14.3. The van der Waals surface area contributed by atoms with Gasteiger partial charge in [0.25, 0.3) is 0 Å². The van der Waals surface area contributed by atoms with Crippen LogP contribution in [0, 0.1) is 0 Å². The van der Waals surface area contributed by atoms with Crippen molar-refractivity contribution >= 4 is 11.5 Å². The zero-order chi connectivity index (χ0) is 14.4. The molecule has 0 amide bonds. The normalized spacial score (nSPS) is 10.5. The Hall–Kier alpha value is -2.10. The number of aromatic nitrogens is 2. The number of Topliss-reactive ketones (excluding diaryl/α,β-unsaturated/α-hetero) is 1. The molecule has 0 aliphatic heterocycles. The van der Waals surface area contributed by atoms with Crippen LogP contribution in [0.25, 0.3) is 0 Å². The fourth-order valence-electron chi connectivity index (χ4n) is 2.02. The Morgan fingerprint density at radius 3 is 2.60 bits per heavy atom. The van der Waals surface area contributed by atoms with Crippen LogP contribution in [0.1, 0.15) is 42.6 Å². The van der Waals surface area contributed by atoms with Gasteiger partial charge in [-0.3, -0.25) is 9.48 Å². The van der Waals surface area contributed by atoms with Gasteiger partial charge in [0.05, 0.1) is 6.20 Å². The number of rotatable bonds is 7. The molecule has 4 nitrogen and oxygen atoms in total. The Labute approximate surface area is 119 Å². The van der Waals surface area contributed by atoms with Crippen LogP contribution >= 0.6 is 0 Å². The van der Waals surface area contributed by atoms with E-state index in [4.69, 9.17) is 0 Å². The average Bonchev–Trinajstić information content (AvgIpc) is 2.94. The van der Waals surface area contributed by atoms with Gasteiger partial charge in [-0.25, -0.2) is 0 Å². The summed E-state index contributed by atoms with van der Waals surface area (Å²) in [4.78, 5) is 11.7. The van der Waals surface area contributed by atoms with Crippen molar-refractivity contribution in [2.45, 2.75) is 39.8 Å². The summed E-state index contributed by atoms with van der Waals surface area (Å²) >= 11 is 0. The molecule has 0 radical (unpaired) electrons. The fourth-order valence-corrected chi connectivity index (χ4v) is 2.02. The molecule has 0 bridgehead atoms. The molecule has 1 heterocycles. The van der Waals surface area contributed by atoms with E-state index >= 15 is 0 Å². The minimum absolute atomic E-state index is 0.211. The van der Waals surface area contributed by atoms with Crippen molar-refractivity contribution < 1.29 is 4.79 Å². The average molecular weight is 271 g/mol. The van der Waals surface area contributed by atoms with Crippen LogP contribution in [-0.4, -0.2) is 15.6 Å². The zero-order valence-corrected chi connectivity index (χ0v) is 12.1. The Morgan fingerprint density at radius 1 is 1.25 bits per heavy atom.